The summed E-state index contributed by atoms with van der Waals surface area (Å²) in [6, 6.07) is 8.91. The van der Waals surface area contributed by atoms with Gasteiger partial charge in [-0.05, 0) is 42.3 Å². The summed E-state index contributed by atoms with van der Waals surface area (Å²) >= 11 is 0. The average Bonchev–Trinajstić information content (AvgIpc) is 2.90. The molecule has 0 aliphatic heterocycles. The number of fused-ring (bicyclic) bond motifs is 1. The summed E-state index contributed by atoms with van der Waals surface area (Å²) in [6.07, 6.45) is 4.33. The van der Waals surface area contributed by atoms with Crippen molar-refractivity contribution in [2.24, 2.45) is 0 Å². The van der Waals surface area contributed by atoms with E-state index in [4.69, 9.17) is 9.52 Å². The minimum atomic E-state index is -0.986. The van der Waals surface area contributed by atoms with Crippen molar-refractivity contribution in [2.45, 2.75) is 6.42 Å². The van der Waals surface area contributed by atoms with Gasteiger partial charge in [0.25, 0.3) is 6.01 Å². The van der Waals surface area contributed by atoms with E-state index in [0.29, 0.717) is 23.7 Å². The van der Waals surface area contributed by atoms with Crippen LogP contribution in [0, 0.1) is 0 Å². The van der Waals surface area contributed by atoms with Crippen LogP contribution in [0.4, 0.5) is 6.01 Å². The molecule has 21 heavy (non-hydrogen) atoms. The lowest BCUT2D eigenvalue weighted by molar-refractivity contribution is 0.0697. The van der Waals surface area contributed by atoms with Crippen LogP contribution in [0.5, 0.6) is 0 Å². The quantitative estimate of drug-likeness (QED) is 0.748. The number of anilines is 1. The van der Waals surface area contributed by atoms with Gasteiger partial charge in [-0.1, -0.05) is 0 Å². The Morgan fingerprint density at radius 1 is 1.24 bits per heavy atom. The molecule has 0 aliphatic rings. The number of hydrogen-bond donors (Lipinski definition) is 2. The summed E-state index contributed by atoms with van der Waals surface area (Å²) in [5.74, 6) is -0.986. The van der Waals surface area contributed by atoms with E-state index in [2.05, 4.69) is 15.3 Å². The zero-order chi connectivity index (χ0) is 14.7. The van der Waals surface area contributed by atoms with Gasteiger partial charge in [-0.3, -0.25) is 4.98 Å². The number of nitrogens with zero attached hydrogens (tertiary/aromatic N) is 2. The molecule has 106 valence electrons. The van der Waals surface area contributed by atoms with Crippen LogP contribution in [-0.4, -0.2) is 27.6 Å². The van der Waals surface area contributed by atoms with Crippen LogP contribution in [0.15, 0.2) is 47.1 Å². The van der Waals surface area contributed by atoms with Crippen molar-refractivity contribution >= 4 is 23.1 Å². The lowest BCUT2D eigenvalue weighted by atomic mass is 10.2. The van der Waals surface area contributed by atoms with E-state index in [1.165, 1.54) is 17.7 Å². The molecule has 0 spiro atoms. The number of rotatable bonds is 5. The highest BCUT2D eigenvalue weighted by Crippen LogP contribution is 2.20. The number of oxazole rings is 1. The van der Waals surface area contributed by atoms with Gasteiger partial charge in [-0.25, -0.2) is 4.79 Å². The largest absolute Gasteiger partial charge is 0.478 e. The number of pyridine rings is 1. The van der Waals surface area contributed by atoms with Crippen molar-refractivity contribution in [3.05, 3.63) is 53.9 Å². The number of aromatic nitrogens is 2. The predicted octanol–water partition coefficient (Wildman–Crippen LogP) is 2.58. The van der Waals surface area contributed by atoms with Crippen molar-refractivity contribution in [1.82, 2.24) is 9.97 Å². The maximum absolute atomic E-state index is 10.9. The Morgan fingerprint density at radius 3 is 2.81 bits per heavy atom. The molecular weight excluding hydrogens is 270 g/mol. The van der Waals surface area contributed by atoms with Crippen LogP contribution in [0.1, 0.15) is 15.9 Å². The fourth-order valence-corrected chi connectivity index (χ4v) is 2.00. The van der Waals surface area contributed by atoms with E-state index >= 15 is 0 Å². The Morgan fingerprint density at radius 2 is 2.05 bits per heavy atom. The molecule has 3 aromatic rings. The molecule has 0 saturated carbocycles. The number of carboxylic acid groups (broad SMARTS) is 1. The Hall–Kier alpha value is -2.89. The number of hydrogen-bond acceptors (Lipinski definition) is 5. The molecule has 0 radical (unpaired) electrons. The number of aromatic carboxylic acids is 1. The van der Waals surface area contributed by atoms with Crippen molar-refractivity contribution in [2.75, 3.05) is 11.9 Å². The Kier molecular flexibility index (Phi) is 3.51. The first-order chi connectivity index (χ1) is 10.2. The summed E-state index contributed by atoms with van der Waals surface area (Å²) in [7, 11) is 0. The van der Waals surface area contributed by atoms with Crippen molar-refractivity contribution < 1.29 is 14.3 Å². The topological polar surface area (TPSA) is 88.2 Å². The fourth-order valence-electron chi connectivity index (χ4n) is 2.00. The first-order valence-corrected chi connectivity index (χ1v) is 6.49. The highest BCUT2D eigenvalue weighted by Gasteiger charge is 2.09. The molecule has 1 aromatic carbocycles. The van der Waals surface area contributed by atoms with E-state index in [9.17, 15) is 4.79 Å². The molecule has 2 aromatic heterocycles. The normalized spacial score (nSPS) is 10.7. The highest BCUT2D eigenvalue weighted by molar-refractivity contribution is 5.92. The van der Waals surface area contributed by atoms with Gasteiger partial charge in [-0.2, -0.15) is 4.98 Å². The Bertz CT molecular complexity index is 768. The van der Waals surface area contributed by atoms with Gasteiger partial charge >= 0.3 is 5.97 Å². The summed E-state index contributed by atoms with van der Waals surface area (Å²) in [5.41, 5.74) is 2.44. The average molecular weight is 283 g/mol. The molecular formula is C15H13N3O3. The maximum atomic E-state index is 10.9. The molecule has 2 heterocycles. The van der Waals surface area contributed by atoms with Gasteiger partial charge in [0.05, 0.1) is 5.56 Å². The fraction of sp³-hybridized carbons (Fsp3) is 0.133. The Balaban J connectivity index is 1.68. The predicted molar refractivity (Wildman–Crippen MR) is 77.4 cm³/mol. The minimum absolute atomic E-state index is 0.182. The highest BCUT2D eigenvalue weighted by atomic mass is 16.4. The lowest BCUT2D eigenvalue weighted by Crippen LogP contribution is -2.04. The summed E-state index contributed by atoms with van der Waals surface area (Å²) in [6.45, 7) is 0.669. The molecule has 2 N–H and O–H groups in total. The van der Waals surface area contributed by atoms with Gasteiger partial charge in [0, 0.05) is 18.9 Å². The molecule has 0 amide bonds. The van der Waals surface area contributed by atoms with Crippen LogP contribution < -0.4 is 5.32 Å². The van der Waals surface area contributed by atoms with E-state index in [1.54, 1.807) is 18.5 Å². The van der Waals surface area contributed by atoms with E-state index in [0.717, 1.165) is 6.42 Å². The van der Waals surface area contributed by atoms with Gasteiger partial charge in [0.1, 0.15) is 5.52 Å². The van der Waals surface area contributed by atoms with Crippen LogP contribution in [0.3, 0.4) is 0 Å². The van der Waals surface area contributed by atoms with Crippen molar-refractivity contribution in [1.29, 1.82) is 0 Å². The van der Waals surface area contributed by atoms with Gasteiger partial charge in [-0.15, -0.1) is 0 Å². The molecule has 0 aliphatic carbocycles. The van der Waals surface area contributed by atoms with Crippen molar-refractivity contribution in [3.63, 3.8) is 0 Å². The smallest absolute Gasteiger partial charge is 0.335 e. The van der Waals surface area contributed by atoms with E-state index < -0.39 is 5.97 Å². The number of benzene rings is 1. The van der Waals surface area contributed by atoms with Crippen LogP contribution in [-0.2, 0) is 6.42 Å². The second-order valence-corrected chi connectivity index (χ2v) is 4.54. The molecule has 6 heteroatoms. The number of carboxylic acids is 1. The van der Waals surface area contributed by atoms with Crippen LogP contribution in [0.2, 0.25) is 0 Å². The second kappa shape index (κ2) is 5.62. The summed E-state index contributed by atoms with van der Waals surface area (Å²) in [5, 5.41) is 12.0. The molecule has 0 fully saturated rings. The first kappa shape index (κ1) is 13.1. The first-order valence-electron chi connectivity index (χ1n) is 6.49. The third-order valence-corrected chi connectivity index (χ3v) is 3.07. The Labute approximate surface area is 120 Å². The van der Waals surface area contributed by atoms with Gasteiger partial charge < -0.3 is 14.8 Å². The molecule has 0 saturated heterocycles. The van der Waals surface area contributed by atoms with Gasteiger partial charge in [0.15, 0.2) is 5.58 Å². The summed E-state index contributed by atoms with van der Waals surface area (Å²) < 4.78 is 5.50. The van der Waals surface area contributed by atoms with E-state index in [-0.39, 0.29) is 5.56 Å². The molecule has 0 bridgehead atoms. The van der Waals surface area contributed by atoms with Crippen molar-refractivity contribution in [3.8, 4) is 0 Å². The zero-order valence-corrected chi connectivity index (χ0v) is 11.1. The maximum Gasteiger partial charge on any atom is 0.335 e. The lowest BCUT2D eigenvalue weighted by Gasteiger charge is -2.01. The monoisotopic (exact) mass is 283 g/mol. The van der Waals surface area contributed by atoms with Gasteiger partial charge in [0.2, 0.25) is 0 Å². The molecule has 6 nitrogen and oxygen atoms in total. The number of nitrogens with one attached hydrogen (secondary N) is 1. The third-order valence-electron chi connectivity index (χ3n) is 3.07. The molecule has 0 unspecified atom stereocenters. The molecule has 3 rings (SSSR count). The number of carbonyl (C=O) groups is 1. The van der Waals surface area contributed by atoms with Crippen LogP contribution in [0.25, 0.3) is 11.1 Å². The zero-order valence-electron chi connectivity index (χ0n) is 11.1. The standard InChI is InChI=1S/C15H13N3O3/c19-14(20)11-1-2-12-13(9-11)21-15(18-12)17-8-5-10-3-6-16-7-4-10/h1-4,6-7,9H,5,8H2,(H,17,18)(H,19,20). The molecule has 0 atom stereocenters. The summed E-state index contributed by atoms with van der Waals surface area (Å²) in [4.78, 5) is 19.1. The van der Waals surface area contributed by atoms with Crippen LogP contribution >= 0.6 is 0 Å². The van der Waals surface area contributed by atoms with E-state index in [1.807, 2.05) is 12.1 Å². The second-order valence-electron chi connectivity index (χ2n) is 4.54. The third kappa shape index (κ3) is 3.00. The SMILES string of the molecule is O=C(O)c1ccc2nc(NCCc3ccncc3)oc2c1. The minimum Gasteiger partial charge on any atom is -0.478 e.